The Kier molecular flexibility index (Phi) is 4.94. The predicted molar refractivity (Wildman–Crippen MR) is 110 cm³/mol. The van der Waals surface area contributed by atoms with Crippen molar-refractivity contribution in [1.82, 2.24) is 9.80 Å². The van der Waals surface area contributed by atoms with Crippen LogP contribution in [0.4, 0.5) is 0 Å². The molecule has 2 aromatic carbocycles. The minimum absolute atomic E-state index is 0.0476. The van der Waals surface area contributed by atoms with Crippen LogP contribution in [0.15, 0.2) is 60.3 Å². The van der Waals surface area contributed by atoms with E-state index in [0.717, 1.165) is 11.1 Å². The maximum absolute atomic E-state index is 13.3. The van der Waals surface area contributed by atoms with Crippen LogP contribution in [0, 0.1) is 0 Å². The van der Waals surface area contributed by atoms with Gasteiger partial charge in [0.1, 0.15) is 5.70 Å². The van der Waals surface area contributed by atoms with Gasteiger partial charge in [-0.3, -0.25) is 14.5 Å². The highest BCUT2D eigenvalue weighted by atomic mass is 35.5. The summed E-state index contributed by atoms with van der Waals surface area (Å²) in [7, 11) is 0. The van der Waals surface area contributed by atoms with E-state index in [1.807, 2.05) is 61.2 Å². The standard InChI is InChI=1S/C22H20Cl2N2O2/c1-13(2)25-20(14-6-8-16(23)9-7-14)21(15-4-3-5-17(24)12-15)26-18(22(25)28)10-11-19(26)27/h3-10,12-13,20-21H,11H2,1-2H3/t20-,21+/m1/s1. The first-order chi connectivity index (χ1) is 13.4. The van der Waals surface area contributed by atoms with Crippen LogP contribution in [-0.2, 0) is 9.59 Å². The SMILES string of the molecule is CC(C)N1C(=O)C2=CCC(=O)N2[C@@H](c2cccc(Cl)c2)[C@H]1c1ccc(Cl)cc1. The molecule has 0 aliphatic carbocycles. The molecule has 2 amide bonds. The van der Waals surface area contributed by atoms with Gasteiger partial charge in [-0.2, -0.15) is 0 Å². The Morgan fingerprint density at radius 2 is 1.64 bits per heavy atom. The Labute approximate surface area is 174 Å². The molecule has 2 heterocycles. The molecule has 2 aromatic rings. The van der Waals surface area contributed by atoms with E-state index in [2.05, 4.69) is 0 Å². The molecule has 0 spiro atoms. The summed E-state index contributed by atoms with van der Waals surface area (Å²) in [6, 6.07) is 14.2. The van der Waals surface area contributed by atoms with Crippen LogP contribution >= 0.6 is 23.2 Å². The summed E-state index contributed by atoms with van der Waals surface area (Å²) in [6.07, 6.45) is 1.97. The highest BCUT2D eigenvalue weighted by Gasteiger charge is 2.49. The van der Waals surface area contributed by atoms with Crippen molar-refractivity contribution in [2.24, 2.45) is 0 Å². The number of rotatable bonds is 3. The fraction of sp³-hybridized carbons (Fsp3) is 0.273. The van der Waals surface area contributed by atoms with Crippen molar-refractivity contribution >= 4 is 35.0 Å². The molecule has 2 aliphatic rings. The van der Waals surface area contributed by atoms with Crippen LogP contribution in [-0.4, -0.2) is 27.7 Å². The van der Waals surface area contributed by atoms with E-state index < -0.39 is 0 Å². The molecule has 0 unspecified atom stereocenters. The van der Waals surface area contributed by atoms with E-state index in [9.17, 15) is 9.59 Å². The topological polar surface area (TPSA) is 40.6 Å². The van der Waals surface area contributed by atoms with Gasteiger partial charge in [-0.25, -0.2) is 0 Å². The van der Waals surface area contributed by atoms with Gasteiger partial charge in [0.25, 0.3) is 5.91 Å². The van der Waals surface area contributed by atoms with Gasteiger partial charge >= 0.3 is 0 Å². The number of fused-ring (bicyclic) bond motifs is 1. The number of hydrogen-bond acceptors (Lipinski definition) is 2. The van der Waals surface area contributed by atoms with Crippen molar-refractivity contribution in [2.45, 2.75) is 38.4 Å². The Balaban J connectivity index is 1.94. The van der Waals surface area contributed by atoms with Crippen LogP contribution in [0.2, 0.25) is 10.0 Å². The third-order valence-electron chi connectivity index (χ3n) is 5.29. The predicted octanol–water partition coefficient (Wildman–Crippen LogP) is 5.14. The summed E-state index contributed by atoms with van der Waals surface area (Å²) in [5, 5.41) is 1.22. The number of amides is 2. The minimum atomic E-state index is -0.360. The third-order valence-corrected chi connectivity index (χ3v) is 5.77. The number of piperazine rings is 1. The summed E-state index contributed by atoms with van der Waals surface area (Å²) in [5.74, 6) is -0.199. The molecule has 0 N–H and O–H groups in total. The Bertz CT molecular complexity index is 969. The van der Waals surface area contributed by atoms with Gasteiger partial charge < -0.3 is 4.90 Å². The van der Waals surface area contributed by atoms with Crippen molar-refractivity contribution in [3.63, 3.8) is 0 Å². The number of carbonyl (C=O) groups is 2. The monoisotopic (exact) mass is 414 g/mol. The molecule has 2 atom stereocenters. The highest BCUT2D eigenvalue weighted by Crippen LogP contribution is 2.48. The summed E-state index contributed by atoms with van der Waals surface area (Å²) >= 11 is 12.4. The molecule has 6 heteroatoms. The van der Waals surface area contributed by atoms with E-state index in [-0.39, 0.29) is 36.4 Å². The Morgan fingerprint density at radius 3 is 2.29 bits per heavy atom. The van der Waals surface area contributed by atoms with Crippen LogP contribution in [0.1, 0.15) is 43.5 Å². The fourth-order valence-corrected chi connectivity index (χ4v) is 4.47. The van der Waals surface area contributed by atoms with Gasteiger partial charge in [0.2, 0.25) is 5.91 Å². The zero-order valence-electron chi connectivity index (χ0n) is 15.6. The molecule has 0 saturated carbocycles. The number of nitrogens with zero attached hydrogens (tertiary/aromatic N) is 2. The van der Waals surface area contributed by atoms with E-state index >= 15 is 0 Å². The molecular formula is C22H20Cl2N2O2. The van der Waals surface area contributed by atoms with E-state index in [4.69, 9.17) is 23.2 Å². The molecule has 0 bridgehead atoms. The van der Waals surface area contributed by atoms with Gasteiger partial charge in [-0.1, -0.05) is 47.5 Å². The third kappa shape index (κ3) is 3.11. The highest BCUT2D eigenvalue weighted by molar-refractivity contribution is 6.30. The van der Waals surface area contributed by atoms with Crippen LogP contribution in [0.25, 0.3) is 0 Å². The lowest BCUT2D eigenvalue weighted by atomic mass is 9.87. The second-order valence-corrected chi connectivity index (χ2v) is 8.23. The molecule has 0 radical (unpaired) electrons. The number of hydrogen-bond donors (Lipinski definition) is 0. The molecule has 0 aromatic heterocycles. The van der Waals surface area contributed by atoms with Crippen molar-refractivity contribution in [1.29, 1.82) is 0 Å². The minimum Gasteiger partial charge on any atom is -0.325 e. The second kappa shape index (κ2) is 7.26. The van der Waals surface area contributed by atoms with Gasteiger partial charge in [0.05, 0.1) is 12.1 Å². The molecule has 1 saturated heterocycles. The fourth-order valence-electron chi connectivity index (χ4n) is 4.14. The molecular weight excluding hydrogens is 395 g/mol. The Morgan fingerprint density at radius 1 is 0.929 bits per heavy atom. The second-order valence-electron chi connectivity index (χ2n) is 7.36. The smallest absolute Gasteiger partial charge is 0.271 e. The summed E-state index contributed by atoms with van der Waals surface area (Å²) in [6.45, 7) is 3.98. The maximum atomic E-state index is 13.3. The number of carbonyl (C=O) groups excluding carboxylic acids is 2. The van der Waals surface area contributed by atoms with E-state index in [1.165, 1.54) is 0 Å². The van der Waals surface area contributed by atoms with Gasteiger partial charge in [0.15, 0.2) is 0 Å². The van der Waals surface area contributed by atoms with Crippen molar-refractivity contribution in [2.75, 3.05) is 0 Å². The number of benzene rings is 2. The van der Waals surface area contributed by atoms with Crippen molar-refractivity contribution in [3.8, 4) is 0 Å². The zero-order chi connectivity index (χ0) is 20.0. The first-order valence-electron chi connectivity index (χ1n) is 9.24. The molecule has 28 heavy (non-hydrogen) atoms. The van der Waals surface area contributed by atoms with Crippen LogP contribution in [0.3, 0.4) is 0 Å². The van der Waals surface area contributed by atoms with Crippen LogP contribution in [0.5, 0.6) is 0 Å². The molecule has 144 valence electrons. The summed E-state index contributed by atoms with van der Waals surface area (Å²) < 4.78 is 0. The lowest BCUT2D eigenvalue weighted by Crippen LogP contribution is -2.54. The zero-order valence-corrected chi connectivity index (χ0v) is 17.1. The first-order valence-corrected chi connectivity index (χ1v) is 10.00. The number of halogens is 2. The largest absolute Gasteiger partial charge is 0.325 e. The van der Waals surface area contributed by atoms with E-state index in [0.29, 0.717) is 15.7 Å². The first kappa shape index (κ1) is 19.0. The molecule has 4 nitrogen and oxygen atoms in total. The van der Waals surface area contributed by atoms with Gasteiger partial charge in [-0.15, -0.1) is 0 Å². The lowest BCUT2D eigenvalue weighted by Gasteiger charge is -2.49. The van der Waals surface area contributed by atoms with Crippen LogP contribution < -0.4 is 0 Å². The van der Waals surface area contributed by atoms with Crippen molar-refractivity contribution in [3.05, 3.63) is 81.5 Å². The average molecular weight is 415 g/mol. The molecule has 4 rings (SSSR count). The Hall–Kier alpha value is -2.30. The summed E-state index contributed by atoms with van der Waals surface area (Å²) in [4.78, 5) is 29.6. The van der Waals surface area contributed by atoms with Crippen molar-refractivity contribution < 1.29 is 9.59 Å². The van der Waals surface area contributed by atoms with Gasteiger partial charge in [0, 0.05) is 22.5 Å². The quantitative estimate of drug-likeness (QED) is 0.696. The van der Waals surface area contributed by atoms with E-state index in [1.54, 1.807) is 17.0 Å². The maximum Gasteiger partial charge on any atom is 0.271 e. The molecule has 1 fully saturated rings. The average Bonchev–Trinajstić information content (AvgIpc) is 3.04. The van der Waals surface area contributed by atoms with Gasteiger partial charge in [-0.05, 0) is 55.3 Å². The molecule has 2 aliphatic heterocycles. The lowest BCUT2D eigenvalue weighted by molar-refractivity contribution is -0.148. The normalized spacial score (nSPS) is 22.0. The summed E-state index contributed by atoms with van der Waals surface area (Å²) in [5.41, 5.74) is 2.27.